The number of rotatable bonds is 36. The first-order valence-electron chi connectivity index (χ1n) is 22.7. The van der Waals surface area contributed by atoms with E-state index in [1.807, 2.05) is 0 Å². The monoisotopic (exact) mass is 869 g/mol. The van der Waals surface area contributed by atoms with Gasteiger partial charge in [-0.1, -0.05) is 90.9 Å². The molecule has 0 unspecified atom stereocenters. The van der Waals surface area contributed by atoms with Gasteiger partial charge in [-0.15, -0.1) is 0 Å². The highest BCUT2D eigenvalue weighted by Crippen LogP contribution is 2.29. The Labute approximate surface area is 361 Å². The molecule has 1 saturated carbocycles. The van der Waals surface area contributed by atoms with E-state index in [4.69, 9.17) is 5.11 Å². The standard InChI is InChI=1S/C44H76N4O13/c1-30(2)36(49)26-23-33(42(56)57)46-38(51)27-24-34(43(58)59)47-39(52)28-25-35(44(60)61)48-41(55)32-21-19-31(20-22-32)29-45-37(50)17-15-13-11-9-7-5-3-4-6-8-10-12-14-16-18-40(53)54/h30-35,44,60-61H,3-29H2,1-2H3,(H,45,50)(H,46,51)(H,47,52)(H,48,55)(H,53,54)(H,56,57)(H,58,59)/t31?,32?,33-,34-,35-/m0/s1. The van der Waals surface area contributed by atoms with E-state index < -0.39 is 60.6 Å². The average molecular weight is 869 g/mol. The Morgan fingerprint density at radius 2 is 0.934 bits per heavy atom. The summed E-state index contributed by atoms with van der Waals surface area (Å²) in [6, 6.07) is -4.03. The molecule has 61 heavy (non-hydrogen) atoms. The first-order chi connectivity index (χ1) is 29.0. The van der Waals surface area contributed by atoms with Gasteiger partial charge in [0.1, 0.15) is 17.9 Å². The molecular weight excluding hydrogens is 792 g/mol. The molecule has 0 aliphatic heterocycles. The zero-order chi connectivity index (χ0) is 45.6. The van der Waals surface area contributed by atoms with Gasteiger partial charge in [0.15, 0.2) is 6.29 Å². The maximum atomic E-state index is 13.0. The van der Waals surface area contributed by atoms with Gasteiger partial charge in [0.25, 0.3) is 0 Å². The maximum absolute atomic E-state index is 13.0. The van der Waals surface area contributed by atoms with Crippen LogP contribution in [0.25, 0.3) is 0 Å². The number of ketones is 1. The SMILES string of the molecule is CC(C)C(=O)CC[C@H](NC(=O)CC[C@H](NC(=O)CC[C@H](NC(=O)C1CCC(CNC(=O)CCCCCCCCCCCCCCCCC(=O)O)CC1)C(O)O)C(=O)O)C(=O)O. The molecule has 0 radical (unpaired) electrons. The minimum Gasteiger partial charge on any atom is -0.481 e. The lowest BCUT2D eigenvalue weighted by molar-refractivity contribution is -0.143. The second-order valence-corrected chi connectivity index (χ2v) is 17.0. The number of amides is 4. The zero-order valence-corrected chi connectivity index (χ0v) is 36.6. The highest BCUT2D eigenvalue weighted by Gasteiger charge is 2.30. The fourth-order valence-corrected chi connectivity index (χ4v) is 7.44. The van der Waals surface area contributed by atoms with Crippen molar-refractivity contribution in [2.75, 3.05) is 6.54 Å². The van der Waals surface area contributed by atoms with E-state index in [-0.39, 0.29) is 73.9 Å². The van der Waals surface area contributed by atoms with Crippen LogP contribution in [-0.2, 0) is 38.4 Å². The van der Waals surface area contributed by atoms with Gasteiger partial charge in [-0.2, -0.15) is 0 Å². The third-order valence-electron chi connectivity index (χ3n) is 11.5. The Morgan fingerprint density at radius 3 is 1.36 bits per heavy atom. The molecule has 1 aliphatic rings. The Kier molecular flexibility index (Phi) is 29.3. The van der Waals surface area contributed by atoms with Gasteiger partial charge < -0.3 is 46.8 Å². The number of Topliss-reactive ketones (excluding diaryl/α,β-unsaturated/α-hetero) is 1. The number of carboxylic acids is 3. The van der Waals surface area contributed by atoms with Crippen molar-refractivity contribution in [1.82, 2.24) is 21.3 Å². The largest absolute Gasteiger partial charge is 0.481 e. The first-order valence-corrected chi connectivity index (χ1v) is 22.7. The smallest absolute Gasteiger partial charge is 0.326 e. The summed E-state index contributed by atoms with van der Waals surface area (Å²) < 4.78 is 0. The van der Waals surface area contributed by atoms with Crippen LogP contribution in [0.15, 0.2) is 0 Å². The minimum atomic E-state index is -1.98. The Hall–Kier alpha value is -4.12. The molecule has 17 nitrogen and oxygen atoms in total. The quantitative estimate of drug-likeness (QED) is 0.0304. The number of carbonyl (C=O) groups excluding carboxylic acids is 5. The van der Waals surface area contributed by atoms with Crippen molar-refractivity contribution < 1.29 is 63.9 Å². The van der Waals surface area contributed by atoms with Crippen molar-refractivity contribution in [3.05, 3.63) is 0 Å². The first kappa shape index (κ1) is 54.9. The van der Waals surface area contributed by atoms with Crippen molar-refractivity contribution in [2.45, 2.75) is 205 Å². The molecule has 1 fully saturated rings. The highest BCUT2D eigenvalue weighted by atomic mass is 16.5. The molecule has 9 N–H and O–H groups in total. The lowest BCUT2D eigenvalue weighted by atomic mass is 9.81. The van der Waals surface area contributed by atoms with Crippen LogP contribution in [0.2, 0.25) is 0 Å². The number of carboxylic acid groups (broad SMARTS) is 3. The second kappa shape index (κ2) is 32.6. The van der Waals surface area contributed by atoms with E-state index in [1.165, 1.54) is 51.4 Å². The van der Waals surface area contributed by atoms with Crippen LogP contribution in [0.4, 0.5) is 0 Å². The minimum absolute atomic E-state index is 0.0298. The van der Waals surface area contributed by atoms with Gasteiger partial charge in [0.2, 0.25) is 23.6 Å². The van der Waals surface area contributed by atoms with E-state index in [0.717, 1.165) is 38.5 Å². The third-order valence-corrected chi connectivity index (χ3v) is 11.5. The second-order valence-electron chi connectivity index (χ2n) is 17.0. The van der Waals surface area contributed by atoms with Crippen molar-refractivity contribution in [3.8, 4) is 0 Å². The number of hydrogen-bond donors (Lipinski definition) is 9. The van der Waals surface area contributed by atoms with Crippen molar-refractivity contribution >= 4 is 47.3 Å². The van der Waals surface area contributed by atoms with Gasteiger partial charge in [0.05, 0.1) is 6.04 Å². The van der Waals surface area contributed by atoms with Gasteiger partial charge in [0, 0.05) is 50.5 Å². The summed E-state index contributed by atoms with van der Waals surface area (Å²) in [6.45, 7) is 3.89. The average Bonchev–Trinajstić information content (AvgIpc) is 3.20. The molecule has 0 aromatic heterocycles. The molecule has 0 heterocycles. The molecule has 0 saturated heterocycles. The number of unbranched alkanes of at least 4 members (excludes halogenated alkanes) is 13. The van der Waals surface area contributed by atoms with Gasteiger partial charge in [-0.3, -0.25) is 28.8 Å². The van der Waals surface area contributed by atoms with Crippen LogP contribution in [0.3, 0.4) is 0 Å². The number of carbonyl (C=O) groups is 8. The fourth-order valence-electron chi connectivity index (χ4n) is 7.44. The zero-order valence-electron chi connectivity index (χ0n) is 36.6. The van der Waals surface area contributed by atoms with Crippen LogP contribution in [0.5, 0.6) is 0 Å². The lowest BCUT2D eigenvalue weighted by Crippen LogP contribution is -2.47. The summed E-state index contributed by atoms with van der Waals surface area (Å²) in [7, 11) is 0. The van der Waals surface area contributed by atoms with E-state index in [2.05, 4.69) is 21.3 Å². The van der Waals surface area contributed by atoms with E-state index >= 15 is 0 Å². The van der Waals surface area contributed by atoms with E-state index in [9.17, 15) is 58.8 Å². The summed E-state index contributed by atoms with van der Waals surface area (Å²) in [6.07, 6.45) is 15.5. The highest BCUT2D eigenvalue weighted by molar-refractivity contribution is 5.87. The maximum Gasteiger partial charge on any atom is 0.326 e. The summed E-state index contributed by atoms with van der Waals surface area (Å²) in [5.74, 6) is -5.98. The predicted molar refractivity (Wildman–Crippen MR) is 227 cm³/mol. The predicted octanol–water partition coefficient (Wildman–Crippen LogP) is 4.74. The summed E-state index contributed by atoms with van der Waals surface area (Å²) >= 11 is 0. The van der Waals surface area contributed by atoms with Crippen LogP contribution >= 0.6 is 0 Å². The number of aliphatic hydroxyl groups is 2. The van der Waals surface area contributed by atoms with E-state index in [1.54, 1.807) is 13.8 Å². The van der Waals surface area contributed by atoms with Gasteiger partial charge in [-0.25, -0.2) is 9.59 Å². The number of aliphatic carboxylic acids is 3. The molecule has 1 rings (SSSR count). The molecule has 3 atom stereocenters. The molecule has 0 aromatic rings. The van der Waals surface area contributed by atoms with Crippen LogP contribution in [0, 0.1) is 17.8 Å². The van der Waals surface area contributed by atoms with E-state index in [0.29, 0.717) is 38.6 Å². The molecular formula is C44H76N4O13. The fraction of sp³-hybridized carbons (Fsp3) is 0.818. The number of hydrogen-bond acceptors (Lipinski definition) is 10. The van der Waals surface area contributed by atoms with Crippen LogP contribution < -0.4 is 21.3 Å². The molecule has 1 aliphatic carbocycles. The summed E-state index contributed by atoms with van der Waals surface area (Å²) in [5, 5.41) is 57.7. The van der Waals surface area contributed by atoms with Crippen molar-refractivity contribution in [2.24, 2.45) is 17.8 Å². The van der Waals surface area contributed by atoms with Gasteiger partial charge in [-0.05, 0) is 63.7 Å². The third kappa shape index (κ3) is 27.4. The molecule has 350 valence electrons. The molecule has 17 heteroatoms. The number of nitrogens with one attached hydrogen (secondary N) is 4. The number of aliphatic hydroxyl groups excluding tert-OH is 1. The topological polar surface area (TPSA) is 286 Å². The molecule has 4 amide bonds. The lowest BCUT2D eigenvalue weighted by Gasteiger charge is -2.30. The summed E-state index contributed by atoms with van der Waals surface area (Å²) in [4.78, 5) is 96.2. The molecule has 0 bridgehead atoms. The normalized spacial score (nSPS) is 16.6. The molecule has 0 aromatic carbocycles. The Balaban J connectivity index is 2.26. The van der Waals surface area contributed by atoms with Crippen LogP contribution in [-0.4, -0.2) is 104 Å². The summed E-state index contributed by atoms with van der Waals surface area (Å²) in [5.41, 5.74) is 0. The van der Waals surface area contributed by atoms with Crippen molar-refractivity contribution in [3.63, 3.8) is 0 Å². The Bertz CT molecular complexity index is 1350. The van der Waals surface area contributed by atoms with Crippen molar-refractivity contribution in [1.29, 1.82) is 0 Å². The Morgan fingerprint density at radius 1 is 0.508 bits per heavy atom. The van der Waals surface area contributed by atoms with Crippen LogP contribution in [0.1, 0.15) is 181 Å². The molecule has 0 spiro atoms. The van der Waals surface area contributed by atoms with Gasteiger partial charge >= 0.3 is 17.9 Å².